The highest BCUT2D eigenvalue weighted by Gasteiger charge is 2.67. The van der Waals surface area contributed by atoms with Crippen LogP contribution in [0.5, 0.6) is 11.5 Å². The van der Waals surface area contributed by atoms with Crippen molar-refractivity contribution in [2.45, 2.75) is 33.6 Å². The molecule has 4 amide bonds. The van der Waals surface area contributed by atoms with E-state index < -0.39 is 29.1 Å². The van der Waals surface area contributed by atoms with Gasteiger partial charge in [-0.2, -0.15) is 5.10 Å². The number of imide groups is 2. The van der Waals surface area contributed by atoms with Crippen LogP contribution in [0.3, 0.4) is 0 Å². The zero-order chi connectivity index (χ0) is 36.1. The van der Waals surface area contributed by atoms with E-state index in [9.17, 15) is 24.3 Å². The molecule has 2 aromatic carbocycles. The molecular formula is C39H37ClN4O6S. The average molecular weight is 725 g/mol. The topological polar surface area (TPSA) is 122 Å². The molecule has 6 atom stereocenters. The maximum Gasteiger partial charge on any atom is 0.242 e. The molecule has 8 rings (SSSR count). The molecule has 2 aliphatic heterocycles. The monoisotopic (exact) mass is 724 g/mol. The van der Waals surface area contributed by atoms with E-state index in [4.69, 9.17) is 21.4 Å². The Morgan fingerprint density at radius 1 is 1.08 bits per heavy atom. The van der Waals surface area contributed by atoms with Crippen LogP contribution in [0.4, 0.5) is 5.82 Å². The summed E-state index contributed by atoms with van der Waals surface area (Å²) in [5.74, 6) is -3.13. The summed E-state index contributed by atoms with van der Waals surface area (Å²) >= 11 is 7.88. The summed E-state index contributed by atoms with van der Waals surface area (Å²) < 4.78 is 7.96. The van der Waals surface area contributed by atoms with Crippen molar-refractivity contribution in [2.24, 2.45) is 42.1 Å². The van der Waals surface area contributed by atoms with Crippen LogP contribution in [0.15, 0.2) is 60.2 Å². The Morgan fingerprint density at radius 3 is 2.61 bits per heavy atom. The number of phenols is 1. The fourth-order valence-electron chi connectivity index (χ4n) is 9.03. The predicted octanol–water partition coefficient (Wildman–Crippen LogP) is 6.77. The minimum Gasteiger partial charge on any atom is -0.504 e. The van der Waals surface area contributed by atoms with Gasteiger partial charge in [-0.3, -0.25) is 28.8 Å². The number of carbonyl (C=O) groups excluding carboxylic acids is 4. The molecule has 1 saturated carbocycles. The first-order chi connectivity index (χ1) is 24.4. The van der Waals surface area contributed by atoms with E-state index in [-0.39, 0.29) is 41.7 Å². The predicted molar refractivity (Wildman–Crippen MR) is 195 cm³/mol. The average Bonchev–Trinajstić information content (AvgIpc) is 3.78. The number of aryl methyl sites for hydroxylation is 2. The highest BCUT2D eigenvalue weighted by molar-refractivity contribution is 7.22. The minimum absolute atomic E-state index is 0.00252. The fourth-order valence-corrected chi connectivity index (χ4v) is 10.4. The maximum atomic E-state index is 14.9. The van der Waals surface area contributed by atoms with Crippen molar-refractivity contribution < 1.29 is 29.0 Å². The third kappa shape index (κ3) is 4.77. The van der Waals surface area contributed by atoms with Crippen LogP contribution < -0.4 is 9.64 Å². The molecule has 4 aromatic rings. The fraction of sp³-hybridized carbons (Fsp3) is 0.359. The summed E-state index contributed by atoms with van der Waals surface area (Å²) in [4.78, 5) is 60.2. The van der Waals surface area contributed by atoms with Crippen molar-refractivity contribution in [1.29, 1.82) is 0 Å². The standard InChI is InChI=1S/C39H37ClN4O6S/c1-6-43-35(46)23-11-10-22-25(33(23)37(43)48)17-27-36(47)44(38(49)39(27,3)26(22)12-7-20-8-13-29(45)30(15-20)50-5)32-18-28(41-42(32)4)34-19(2)24-16-21(40)9-14-31(24)51-34/h7-10,12-16,18,23,25-27,33,45H,6,11,17H2,1-5H3. The van der Waals surface area contributed by atoms with Crippen molar-refractivity contribution in [3.8, 4) is 22.1 Å². The number of hydrogen-bond donors (Lipinski definition) is 1. The second kappa shape index (κ2) is 11.9. The Labute approximate surface area is 303 Å². The number of phenolic OH excluding ortho intramolecular Hbond substituents is 1. The number of fused-ring (bicyclic) bond motifs is 5. The van der Waals surface area contributed by atoms with E-state index in [1.165, 1.54) is 23.0 Å². The number of likely N-dealkylation sites (tertiary alicyclic amines) is 1. The van der Waals surface area contributed by atoms with Crippen molar-refractivity contribution in [3.63, 3.8) is 0 Å². The van der Waals surface area contributed by atoms with Crippen LogP contribution >= 0.6 is 22.9 Å². The zero-order valence-electron chi connectivity index (χ0n) is 28.8. The molecule has 51 heavy (non-hydrogen) atoms. The lowest BCUT2D eigenvalue weighted by Gasteiger charge is -2.47. The Balaban J connectivity index is 1.23. The molecule has 0 radical (unpaired) electrons. The number of benzene rings is 2. The Bertz CT molecular complexity index is 2250. The van der Waals surface area contributed by atoms with Gasteiger partial charge in [0.15, 0.2) is 11.5 Å². The number of allylic oxidation sites excluding steroid dienone is 3. The van der Waals surface area contributed by atoms with E-state index in [0.717, 1.165) is 31.7 Å². The lowest BCUT2D eigenvalue weighted by molar-refractivity contribution is -0.140. The third-order valence-corrected chi connectivity index (χ3v) is 13.2. The first-order valence-corrected chi connectivity index (χ1v) is 18.3. The Kier molecular flexibility index (Phi) is 7.81. The quantitative estimate of drug-likeness (QED) is 0.172. The van der Waals surface area contributed by atoms with Gasteiger partial charge >= 0.3 is 0 Å². The number of nitrogens with zero attached hydrogens (tertiary/aromatic N) is 4. The van der Waals surface area contributed by atoms with Crippen molar-refractivity contribution in [1.82, 2.24) is 14.7 Å². The van der Waals surface area contributed by atoms with Gasteiger partial charge in [-0.25, -0.2) is 4.90 Å². The molecule has 12 heteroatoms. The number of ether oxygens (including phenoxy) is 1. The second-order valence-corrected chi connectivity index (χ2v) is 15.6. The second-order valence-electron chi connectivity index (χ2n) is 14.1. The molecule has 2 aliphatic carbocycles. The van der Waals surface area contributed by atoms with Gasteiger partial charge in [0.05, 0.1) is 35.2 Å². The van der Waals surface area contributed by atoms with Crippen molar-refractivity contribution in [2.75, 3.05) is 18.6 Å². The molecule has 2 aromatic heterocycles. The number of carbonyl (C=O) groups is 4. The third-order valence-electron chi connectivity index (χ3n) is 11.7. The van der Waals surface area contributed by atoms with Gasteiger partial charge < -0.3 is 9.84 Å². The minimum atomic E-state index is -1.19. The lowest BCUT2D eigenvalue weighted by Crippen LogP contribution is -2.49. The van der Waals surface area contributed by atoms with Crippen molar-refractivity contribution >= 4 is 68.5 Å². The number of methoxy groups -OCH3 is 1. The van der Waals surface area contributed by atoms with Crippen LogP contribution in [-0.4, -0.2) is 57.1 Å². The molecule has 1 N–H and O–H groups in total. The van der Waals surface area contributed by atoms with E-state index in [0.29, 0.717) is 35.2 Å². The number of anilines is 1. The van der Waals surface area contributed by atoms with Crippen LogP contribution in [-0.2, 0) is 26.2 Å². The van der Waals surface area contributed by atoms with Crippen molar-refractivity contribution in [3.05, 3.63) is 76.3 Å². The zero-order valence-corrected chi connectivity index (χ0v) is 30.4. The summed E-state index contributed by atoms with van der Waals surface area (Å²) in [5.41, 5.74) is 2.11. The summed E-state index contributed by atoms with van der Waals surface area (Å²) in [6, 6.07) is 12.5. The van der Waals surface area contributed by atoms with E-state index in [1.54, 1.807) is 48.2 Å². The van der Waals surface area contributed by atoms with Gasteiger partial charge in [0.25, 0.3) is 0 Å². The van der Waals surface area contributed by atoms with Gasteiger partial charge in [0.2, 0.25) is 23.6 Å². The van der Waals surface area contributed by atoms with E-state index in [1.807, 2.05) is 50.3 Å². The Hall–Kier alpha value is -4.74. The first-order valence-electron chi connectivity index (χ1n) is 17.1. The molecule has 6 unspecified atom stereocenters. The Morgan fingerprint density at radius 2 is 1.86 bits per heavy atom. The molecule has 3 fully saturated rings. The number of hydrogen-bond acceptors (Lipinski definition) is 8. The number of amides is 4. The number of aromatic hydroxyl groups is 1. The van der Waals surface area contributed by atoms with Gasteiger partial charge in [0.1, 0.15) is 11.5 Å². The molecule has 0 bridgehead atoms. The highest BCUT2D eigenvalue weighted by atomic mass is 35.5. The smallest absolute Gasteiger partial charge is 0.242 e. The van der Waals surface area contributed by atoms with E-state index in [2.05, 4.69) is 0 Å². The summed E-state index contributed by atoms with van der Waals surface area (Å²) in [7, 11) is 3.20. The molecule has 2 saturated heterocycles. The van der Waals surface area contributed by atoms with Crippen LogP contribution in [0.2, 0.25) is 5.02 Å². The van der Waals surface area contributed by atoms with Crippen LogP contribution in [0.1, 0.15) is 37.8 Å². The lowest BCUT2D eigenvalue weighted by atomic mass is 9.52. The number of halogens is 1. The number of aromatic nitrogens is 2. The molecule has 262 valence electrons. The van der Waals surface area contributed by atoms with Gasteiger partial charge in [-0.15, -0.1) is 11.3 Å². The largest absolute Gasteiger partial charge is 0.504 e. The first kappa shape index (κ1) is 33.4. The number of rotatable bonds is 6. The normalized spacial score (nSPS) is 27.4. The van der Waals surface area contributed by atoms with E-state index >= 15 is 0 Å². The summed E-state index contributed by atoms with van der Waals surface area (Å²) in [6.07, 6.45) is 6.50. The molecule has 4 heterocycles. The maximum absolute atomic E-state index is 14.9. The van der Waals surface area contributed by atoms with Gasteiger partial charge in [0, 0.05) is 35.3 Å². The van der Waals surface area contributed by atoms with Crippen LogP contribution in [0.25, 0.3) is 26.7 Å². The van der Waals surface area contributed by atoms with Crippen LogP contribution in [0, 0.1) is 41.9 Å². The molecule has 10 nitrogen and oxygen atoms in total. The summed E-state index contributed by atoms with van der Waals surface area (Å²) in [5, 5.41) is 16.6. The number of thiophene rings is 1. The SMILES string of the molecule is CCN1C(=O)C2CC=C3C(CC4C(=O)N(c5cc(-c6sc7ccc(Cl)cc7c6C)nn5C)C(=O)C4(C)C3C=Cc3ccc(O)c(OC)c3)C2C1=O. The van der Waals surface area contributed by atoms with Gasteiger partial charge in [-0.1, -0.05) is 41.5 Å². The summed E-state index contributed by atoms with van der Waals surface area (Å²) in [6.45, 7) is 5.95. The molecule has 4 aliphatic rings. The highest BCUT2D eigenvalue weighted by Crippen LogP contribution is 2.61. The van der Waals surface area contributed by atoms with Gasteiger partial charge in [-0.05, 0) is 86.4 Å². The molecule has 0 spiro atoms. The molecular weight excluding hydrogens is 688 g/mol.